The van der Waals surface area contributed by atoms with Crippen LogP contribution in [-0.4, -0.2) is 28.0 Å². The van der Waals surface area contributed by atoms with Gasteiger partial charge < -0.3 is 15.2 Å². The number of aromatic nitrogens is 1. The number of aliphatic carboxylic acids is 1. The van der Waals surface area contributed by atoms with E-state index in [-0.39, 0.29) is 17.9 Å². The lowest BCUT2D eigenvalue weighted by atomic mass is 9.86. The average molecular weight is 461 g/mol. The summed E-state index contributed by atoms with van der Waals surface area (Å²) in [5.41, 5.74) is 0.768. The van der Waals surface area contributed by atoms with E-state index in [0.717, 1.165) is 10.9 Å². The predicted molar refractivity (Wildman–Crippen MR) is 121 cm³/mol. The van der Waals surface area contributed by atoms with E-state index in [1.807, 2.05) is 6.07 Å². The van der Waals surface area contributed by atoms with Crippen LogP contribution in [0, 0.1) is 5.41 Å². The number of ether oxygens (including phenoxy) is 1. The van der Waals surface area contributed by atoms with Gasteiger partial charge in [-0.05, 0) is 35.2 Å². The van der Waals surface area contributed by atoms with E-state index in [9.17, 15) is 14.7 Å². The van der Waals surface area contributed by atoms with Crippen molar-refractivity contribution in [1.82, 2.24) is 10.3 Å². The van der Waals surface area contributed by atoms with Crippen molar-refractivity contribution in [2.24, 2.45) is 5.41 Å². The molecule has 162 valence electrons. The number of carboxylic acid groups (broad SMARTS) is 1. The van der Waals surface area contributed by atoms with Gasteiger partial charge in [-0.25, -0.2) is 4.79 Å². The van der Waals surface area contributed by atoms with Crippen molar-refractivity contribution in [3.05, 3.63) is 69.8 Å². The molecule has 1 aromatic heterocycles. The molecule has 3 aromatic rings. The second kappa shape index (κ2) is 9.12. The Bertz CT molecular complexity index is 1140. The zero-order valence-electron chi connectivity index (χ0n) is 17.3. The lowest BCUT2D eigenvalue weighted by molar-refractivity contribution is -0.142. The third kappa shape index (κ3) is 5.27. The van der Waals surface area contributed by atoms with Crippen LogP contribution in [0.15, 0.2) is 48.7 Å². The largest absolute Gasteiger partial charge is 0.486 e. The van der Waals surface area contributed by atoms with Gasteiger partial charge in [-0.2, -0.15) is 0 Å². The highest BCUT2D eigenvalue weighted by Gasteiger charge is 2.33. The van der Waals surface area contributed by atoms with Gasteiger partial charge in [-0.15, -0.1) is 0 Å². The summed E-state index contributed by atoms with van der Waals surface area (Å²) in [7, 11) is 0. The Labute approximate surface area is 190 Å². The number of fused-ring (bicyclic) bond motifs is 1. The van der Waals surface area contributed by atoms with Crippen LogP contribution in [0.25, 0.3) is 10.9 Å². The second-order valence-corrected chi connectivity index (χ2v) is 8.98. The first-order chi connectivity index (χ1) is 14.6. The van der Waals surface area contributed by atoms with Crippen molar-refractivity contribution >= 4 is 46.0 Å². The third-order valence-corrected chi connectivity index (χ3v) is 5.47. The lowest BCUT2D eigenvalue weighted by Gasteiger charge is -2.28. The van der Waals surface area contributed by atoms with Gasteiger partial charge >= 0.3 is 5.97 Å². The number of hydrogen-bond donors (Lipinski definition) is 2. The second-order valence-electron chi connectivity index (χ2n) is 8.17. The fourth-order valence-corrected chi connectivity index (χ4v) is 3.41. The van der Waals surface area contributed by atoms with Gasteiger partial charge in [0, 0.05) is 11.6 Å². The number of benzene rings is 2. The Kier molecular flexibility index (Phi) is 6.72. The summed E-state index contributed by atoms with van der Waals surface area (Å²) in [5, 5.41) is 13.8. The molecular formula is C23H22Cl2N2O4. The van der Waals surface area contributed by atoms with Gasteiger partial charge in [0.05, 0.1) is 15.6 Å². The minimum Gasteiger partial charge on any atom is -0.486 e. The number of carbonyl (C=O) groups is 2. The van der Waals surface area contributed by atoms with Gasteiger partial charge in [0.1, 0.15) is 18.2 Å². The van der Waals surface area contributed by atoms with E-state index < -0.39 is 23.3 Å². The molecule has 1 unspecified atom stereocenters. The Balaban J connectivity index is 1.98. The zero-order chi connectivity index (χ0) is 22.8. The number of amides is 1. The Morgan fingerprint density at radius 1 is 1.13 bits per heavy atom. The maximum absolute atomic E-state index is 13.1. The summed E-state index contributed by atoms with van der Waals surface area (Å²) in [4.78, 5) is 29.1. The topological polar surface area (TPSA) is 88.5 Å². The molecule has 0 aliphatic heterocycles. The van der Waals surface area contributed by atoms with E-state index in [4.69, 9.17) is 27.9 Å². The highest BCUT2D eigenvalue weighted by atomic mass is 35.5. The SMILES string of the molecule is CC(C)(C)C(NC(=O)c1ccc2cccnc2c1OCc1ccc(Cl)c(Cl)c1)C(=O)O. The summed E-state index contributed by atoms with van der Waals surface area (Å²) in [6, 6.07) is 11.0. The summed E-state index contributed by atoms with van der Waals surface area (Å²) in [6.07, 6.45) is 1.60. The lowest BCUT2D eigenvalue weighted by Crippen LogP contribution is -2.49. The number of nitrogens with zero attached hydrogens (tertiary/aromatic N) is 1. The van der Waals surface area contributed by atoms with Crippen LogP contribution >= 0.6 is 23.2 Å². The molecular weight excluding hydrogens is 439 g/mol. The molecule has 0 saturated carbocycles. The number of pyridine rings is 1. The molecule has 1 atom stereocenters. The van der Waals surface area contributed by atoms with Gasteiger partial charge in [-0.3, -0.25) is 9.78 Å². The van der Waals surface area contributed by atoms with Crippen LogP contribution < -0.4 is 10.1 Å². The molecule has 0 aliphatic rings. The van der Waals surface area contributed by atoms with Crippen molar-refractivity contribution in [1.29, 1.82) is 0 Å². The molecule has 8 heteroatoms. The van der Waals surface area contributed by atoms with E-state index in [1.165, 1.54) is 0 Å². The summed E-state index contributed by atoms with van der Waals surface area (Å²) < 4.78 is 6.01. The monoisotopic (exact) mass is 460 g/mol. The number of carbonyl (C=O) groups excluding carboxylic acids is 1. The van der Waals surface area contributed by atoms with Crippen LogP contribution in [-0.2, 0) is 11.4 Å². The fourth-order valence-electron chi connectivity index (χ4n) is 3.09. The first-order valence-corrected chi connectivity index (χ1v) is 10.3. The Morgan fingerprint density at radius 3 is 2.52 bits per heavy atom. The molecule has 31 heavy (non-hydrogen) atoms. The molecule has 1 amide bonds. The maximum atomic E-state index is 13.1. The molecule has 0 fully saturated rings. The molecule has 0 bridgehead atoms. The number of rotatable bonds is 6. The van der Waals surface area contributed by atoms with E-state index >= 15 is 0 Å². The highest BCUT2D eigenvalue weighted by Crippen LogP contribution is 2.31. The fraction of sp³-hybridized carbons (Fsp3) is 0.261. The zero-order valence-corrected chi connectivity index (χ0v) is 18.8. The standard InChI is InChI=1S/C23H22Cl2N2O4/c1-23(2,3)20(22(29)30)27-21(28)15-8-7-14-5-4-10-26-18(14)19(15)31-12-13-6-9-16(24)17(25)11-13/h4-11,20H,12H2,1-3H3,(H,27,28)(H,29,30). The average Bonchev–Trinajstić information content (AvgIpc) is 2.71. The van der Waals surface area contributed by atoms with E-state index in [0.29, 0.717) is 15.6 Å². The first-order valence-electron chi connectivity index (χ1n) is 9.56. The number of halogens is 2. The van der Waals surface area contributed by atoms with Crippen molar-refractivity contribution in [2.45, 2.75) is 33.4 Å². The molecule has 0 radical (unpaired) electrons. The van der Waals surface area contributed by atoms with Crippen molar-refractivity contribution in [3.8, 4) is 5.75 Å². The van der Waals surface area contributed by atoms with Gasteiger partial charge in [0.2, 0.25) is 0 Å². The number of hydrogen-bond acceptors (Lipinski definition) is 4. The van der Waals surface area contributed by atoms with Gasteiger partial charge in [0.25, 0.3) is 5.91 Å². The Hall–Kier alpha value is -2.83. The summed E-state index contributed by atoms with van der Waals surface area (Å²) >= 11 is 12.1. The number of nitrogens with one attached hydrogen (secondary N) is 1. The van der Waals surface area contributed by atoms with Gasteiger partial charge in [-0.1, -0.05) is 62.2 Å². The minimum atomic E-state index is -1.11. The molecule has 2 aromatic carbocycles. The van der Waals surface area contributed by atoms with Crippen molar-refractivity contribution in [2.75, 3.05) is 0 Å². The summed E-state index contributed by atoms with van der Waals surface area (Å²) in [6.45, 7) is 5.36. The van der Waals surface area contributed by atoms with Crippen molar-refractivity contribution < 1.29 is 19.4 Å². The van der Waals surface area contributed by atoms with Crippen molar-refractivity contribution in [3.63, 3.8) is 0 Å². The third-order valence-electron chi connectivity index (χ3n) is 4.73. The number of carboxylic acids is 1. The van der Waals surface area contributed by atoms with Crippen LogP contribution in [0.3, 0.4) is 0 Å². The first kappa shape index (κ1) is 22.8. The molecule has 6 nitrogen and oxygen atoms in total. The van der Waals surface area contributed by atoms with Crippen LogP contribution in [0.5, 0.6) is 5.75 Å². The quantitative estimate of drug-likeness (QED) is 0.517. The molecule has 3 rings (SSSR count). The van der Waals surface area contributed by atoms with E-state index in [2.05, 4.69) is 10.3 Å². The normalized spacial score (nSPS) is 12.4. The minimum absolute atomic E-state index is 0.120. The smallest absolute Gasteiger partial charge is 0.326 e. The Morgan fingerprint density at radius 2 is 1.87 bits per heavy atom. The van der Waals surface area contributed by atoms with Crippen LogP contribution in [0.4, 0.5) is 0 Å². The van der Waals surface area contributed by atoms with E-state index in [1.54, 1.807) is 63.4 Å². The molecule has 0 saturated heterocycles. The van der Waals surface area contributed by atoms with Crippen LogP contribution in [0.2, 0.25) is 10.0 Å². The highest BCUT2D eigenvalue weighted by molar-refractivity contribution is 6.42. The van der Waals surface area contributed by atoms with Gasteiger partial charge in [0.15, 0.2) is 5.75 Å². The summed E-state index contributed by atoms with van der Waals surface area (Å²) in [5.74, 6) is -1.41. The molecule has 0 aliphatic carbocycles. The molecule has 2 N–H and O–H groups in total. The predicted octanol–water partition coefficient (Wildman–Crippen LogP) is 5.35. The molecule has 0 spiro atoms. The van der Waals surface area contributed by atoms with Crippen LogP contribution in [0.1, 0.15) is 36.7 Å². The maximum Gasteiger partial charge on any atom is 0.326 e. The molecule has 1 heterocycles.